The molecule has 0 spiro atoms. The van der Waals surface area contributed by atoms with Gasteiger partial charge in [-0.05, 0) is 20.8 Å². The molecule has 0 aromatic carbocycles. The van der Waals surface area contributed by atoms with Crippen LogP contribution in [0.4, 0.5) is 0 Å². The van der Waals surface area contributed by atoms with Crippen LogP contribution >= 0.6 is 7.82 Å². The van der Waals surface area contributed by atoms with Crippen LogP contribution in [0.3, 0.4) is 0 Å². The molecule has 0 aromatic rings. The molecule has 0 rings (SSSR count). The summed E-state index contributed by atoms with van der Waals surface area (Å²) in [5.41, 5.74) is 0.837. The summed E-state index contributed by atoms with van der Waals surface area (Å²) >= 11 is 0. The fraction of sp³-hybridized carbons (Fsp3) is 0.500. The van der Waals surface area contributed by atoms with E-state index in [2.05, 4.69) is 30.4 Å². The fourth-order valence-corrected chi connectivity index (χ4v) is 2.62. The van der Waals surface area contributed by atoms with E-state index in [9.17, 15) is 18.9 Å². The van der Waals surface area contributed by atoms with Crippen LogP contribution < -0.4 is 10.6 Å². The summed E-state index contributed by atoms with van der Waals surface area (Å²) in [6.07, 6.45) is 0. The highest BCUT2D eigenvalue weighted by Gasteiger charge is 2.27. The quantitative estimate of drug-likeness (QED) is 0.173. The molecule has 0 atom stereocenters. The van der Waals surface area contributed by atoms with Gasteiger partial charge in [-0.25, -0.2) is 9.36 Å². The fourth-order valence-electron chi connectivity index (χ4n) is 1.46. The number of hydrogen-bond donors (Lipinski definition) is 2. The Bertz CT molecular complexity index is 599. The van der Waals surface area contributed by atoms with E-state index in [1.165, 1.54) is 6.92 Å². The van der Waals surface area contributed by atoms with E-state index in [-0.39, 0.29) is 56.9 Å². The molecule has 10 nitrogen and oxygen atoms in total. The van der Waals surface area contributed by atoms with Crippen LogP contribution in [-0.2, 0) is 37.3 Å². The SMILES string of the molecule is C=C(C)C(=O)NCCOP(=O)(OCCNC(=O)C(=C)C)OCCOC(=O)C(=C)C. The molecule has 2 N–H and O–H groups in total. The zero-order chi connectivity index (χ0) is 22.4. The lowest BCUT2D eigenvalue weighted by atomic mass is 10.3. The van der Waals surface area contributed by atoms with Crippen LogP contribution in [0.2, 0.25) is 0 Å². The predicted molar refractivity (Wildman–Crippen MR) is 107 cm³/mol. The largest absolute Gasteiger partial charge is 0.475 e. The van der Waals surface area contributed by atoms with Crippen molar-refractivity contribution in [2.24, 2.45) is 0 Å². The first-order chi connectivity index (χ1) is 13.5. The highest BCUT2D eigenvalue weighted by Crippen LogP contribution is 2.49. The molecule has 11 heteroatoms. The topological polar surface area (TPSA) is 129 Å². The number of hydrogen-bond acceptors (Lipinski definition) is 8. The second-order valence-electron chi connectivity index (χ2n) is 5.94. The van der Waals surface area contributed by atoms with Gasteiger partial charge < -0.3 is 15.4 Å². The molecule has 0 aromatic heterocycles. The summed E-state index contributed by atoms with van der Waals surface area (Å²) in [5.74, 6) is -1.37. The van der Waals surface area contributed by atoms with Gasteiger partial charge in [-0.3, -0.25) is 23.2 Å². The predicted octanol–water partition coefficient (Wildman–Crippen LogP) is 1.65. The van der Waals surface area contributed by atoms with E-state index < -0.39 is 13.8 Å². The van der Waals surface area contributed by atoms with Gasteiger partial charge in [0.05, 0.1) is 19.8 Å². The van der Waals surface area contributed by atoms with E-state index >= 15 is 0 Å². The normalized spacial score (nSPS) is 10.7. The minimum Gasteiger partial charge on any atom is -0.460 e. The number of ether oxygens (including phenoxy) is 1. The summed E-state index contributed by atoms with van der Waals surface area (Å²) in [6, 6.07) is 0. The average molecular weight is 432 g/mol. The van der Waals surface area contributed by atoms with Crippen molar-refractivity contribution < 1.29 is 37.3 Å². The molecule has 0 radical (unpaired) electrons. The smallest absolute Gasteiger partial charge is 0.460 e. The van der Waals surface area contributed by atoms with E-state index in [0.717, 1.165) is 0 Å². The molecule has 2 amide bonds. The van der Waals surface area contributed by atoms with Crippen LogP contribution in [0.15, 0.2) is 36.5 Å². The molecule has 0 heterocycles. The Morgan fingerprint density at radius 1 is 0.724 bits per heavy atom. The van der Waals surface area contributed by atoms with E-state index in [4.69, 9.17) is 18.3 Å². The molecule has 0 aliphatic carbocycles. The molecule has 0 unspecified atom stereocenters. The van der Waals surface area contributed by atoms with Gasteiger partial charge in [0, 0.05) is 29.8 Å². The van der Waals surface area contributed by atoms with Crippen LogP contribution in [0, 0.1) is 0 Å². The number of phosphoric ester groups is 1. The Kier molecular flexibility index (Phi) is 12.8. The molecule has 0 saturated heterocycles. The molecule has 0 aliphatic rings. The first-order valence-corrected chi connectivity index (χ1v) is 10.2. The first kappa shape index (κ1) is 26.7. The number of rotatable bonds is 15. The maximum absolute atomic E-state index is 12.7. The zero-order valence-corrected chi connectivity index (χ0v) is 18.0. The minimum atomic E-state index is -4.03. The first-order valence-electron chi connectivity index (χ1n) is 8.72. The lowest BCUT2D eigenvalue weighted by Crippen LogP contribution is -2.28. The van der Waals surface area contributed by atoms with Gasteiger partial charge >= 0.3 is 13.8 Å². The third kappa shape index (κ3) is 12.7. The summed E-state index contributed by atoms with van der Waals surface area (Å²) in [5, 5.41) is 5.01. The molecule has 164 valence electrons. The number of phosphoric acid groups is 1. The third-order valence-electron chi connectivity index (χ3n) is 2.96. The Morgan fingerprint density at radius 3 is 1.52 bits per heavy atom. The van der Waals surface area contributed by atoms with E-state index in [1.54, 1.807) is 13.8 Å². The Morgan fingerprint density at radius 2 is 1.14 bits per heavy atom. The van der Waals surface area contributed by atoms with Gasteiger partial charge in [-0.1, -0.05) is 19.7 Å². The Hall–Kier alpha value is -2.26. The van der Waals surface area contributed by atoms with Crippen molar-refractivity contribution in [3.05, 3.63) is 36.5 Å². The lowest BCUT2D eigenvalue weighted by molar-refractivity contribution is -0.139. The Labute approximate surface area is 170 Å². The summed E-state index contributed by atoms with van der Waals surface area (Å²) in [6.45, 7) is 14.3. The lowest BCUT2D eigenvalue weighted by Gasteiger charge is -2.18. The highest BCUT2D eigenvalue weighted by atomic mass is 31.2. The average Bonchev–Trinajstić information content (AvgIpc) is 2.65. The van der Waals surface area contributed by atoms with Crippen molar-refractivity contribution in [1.29, 1.82) is 0 Å². The van der Waals surface area contributed by atoms with Gasteiger partial charge in [0.2, 0.25) is 11.8 Å². The molecule has 29 heavy (non-hydrogen) atoms. The van der Waals surface area contributed by atoms with Crippen LogP contribution in [0.5, 0.6) is 0 Å². The van der Waals surface area contributed by atoms with Crippen molar-refractivity contribution in [3.63, 3.8) is 0 Å². The number of carbonyl (C=O) groups excluding carboxylic acids is 3. The van der Waals surface area contributed by atoms with Crippen molar-refractivity contribution in [2.75, 3.05) is 39.5 Å². The molecular weight excluding hydrogens is 403 g/mol. The number of amides is 2. The van der Waals surface area contributed by atoms with Gasteiger partial charge in [-0.2, -0.15) is 0 Å². The van der Waals surface area contributed by atoms with E-state index in [1.807, 2.05) is 0 Å². The standard InChI is InChI=1S/C18H29N2O8P/c1-13(2)16(21)19-7-9-26-29(24,27-10-8-20-17(22)14(3)4)28-12-11-25-18(23)15(5)6/h1,3,5,7-12H2,2,4,6H3,(H,19,21)(H,20,22). The molecule has 0 saturated carbocycles. The van der Waals surface area contributed by atoms with Crippen LogP contribution in [0.1, 0.15) is 20.8 Å². The van der Waals surface area contributed by atoms with E-state index in [0.29, 0.717) is 11.1 Å². The molecular formula is C18H29N2O8P. The third-order valence-corrected chi connectivity index (χ3v) is 4.46. The van der Waals surface area contributed by atoms with Crippen molar-refractivity contribution in [2.45, 2.75) is 20.8 Å². The highest BCUT2D eigenvalue weighted by molar-refractivity contribution is 7.48. The maximum Gasteiger partial charge on any atom is 0.475 e. The monoisotopic (exact) mass is 432 g/mol. The summed E-state index contributed by atoms with van der Waals surface area (Å²) in [4.78, 5) is 34.2. The second-order valence-corrected chi connectivity index (χ2v) is 7.60. The number of nitrogens with one attached hydrogen (secondary N) is 2. The van der Waals surface area contributed by atoms with Crippen molar-refractivity contribution in [3.8, 4) is 0 Å². The maximum atomic E-state index is 12.7. The molecule has 0 fully saturated rings. The van der Waals surface area contributed by atoms with Gasteiger partial charge in [0.1, 0.15) is 6.61 Å². The van der Waals surface area contributed by atoms with Crippen LogP contribution in [0.25, 0.3) is 0 Å². The minimum absolute atomic E-state index is 0.0411. The molecule has 0 bridgehead atoms. The van der Waals surface area contributed by atoms with Crippen molar-refractivity contribution in [1.82, 2.24) is 10.6 Å². The van der Waals surface area contributed by atoms with Crippen molar-refractivity contribution >= 4 is 25.6 Å². The summed E-state index contributed by atoms with van der Waals surface area (Å²) in [7, 11) is -4.03. The second kappa shape index (κ2) is 13.8. The Balaban J connectivity index is 4.56. The van der Waals surface area contributed by atoms with Gasteiger partial charge in [0.15, 0.2) is 0 Å². The van der Waals surface area contributed by atoms with Crippen LogP contribution in [-0.4, -0.2) is 57.3 Å². The number of carbonyl (C=O) groups is 3. The zero-order valence-electron chi connectivity index (χ0n) is 17.1. The number of esters is 1. The molecule has 0 aliphatic heterocycles. The van der Waals surface area contributed by atoms with Gasteiger partial charge in [-0.15, -0.1) is 0 Å². The summed E-state index contributed by atoms with van der Waals surface area (Å²) < 4.78 is 32.9. The van der Waals surface area contributed by atoms with Gasteiger partial charge in [0.25, 0.3) is 0 Å².